The van der Waals surface area contributed by atoms with Gasteiger partial charge in [0.1, 0.15) is 5.82 Å². The maximum Gasteiger partial charge on any atom is 0.251 e. The molecule has 2 aliphatic rings. The first-order chi connectivity index (χ1) is 16.5. The van der Waals surface area contributed by atoms with E-state index in [1.165, 1.54) is 25.3 Å². The Balaban J connectivity index is 1.29. The van der Waals surface area contributed by atoms with E-state index in [2.05, 4.69) is 15.5 Å². The zero-order valence-corrected chi connectivity index (χ0v) is 20.1. The number of amides is 2. The molecule has 2 amide bonds. The van der Waals surface area contributed by atoms with E-state index in [9.17, 15) is 14.0 Å². The molecule has 6 heteroatoms. The van der Waals surface area contributed by atoms with E-state index in [0.717, 1.165) is 42.6 Å². The van der Waals surface area contributed by atoms with Crippen LogP contribution in [0.5, 0.6) is 0 Å². The van der Waals surface area contributed by atoms with Gasteiger partial charge in [0.05, 0.1) is 0 Å². The van der Waals surface area contributed by atoms with Crippen LogP contribution in [-0.4, -0.2) is 38.0 Å². The largest absolute Gasteiger partial charge is 0.369 e. The van der Waals surface area contributed by atoms with Crippen molar-refractivity contribution in [3.63, 3.8) is 0 Å². The van der Waals surface area contributed by atoms with Crippen molar-refractivity contribution in [1.82, 2.24) is 10.6 Å². The lowest BCUT2D eigenvalue weighted by molar-refractivity contribution is -0.127. The summed E-state index contributed by atoms with van der Waals surface area (Å²) in [6, 6.07) is 12.5. The SMILES string of the molecule is Cc1cccc(C(=O)NCC[C@H](C(=O)NCCN2CCc3cc(F)ccc32)C2CCCCC2)c1. The minimum absolute atomic E-state index is 0.0851. The number of aryl methyl sites for hydroxylation is 1. The number of rotatable bonds is 9. The topological polar surface area (TPSA) is 61.4 Å². The average molecular weight is 466 g/mol. The summed E-state index contributed by atoms with van der Waals surface area (Å²) in [5.74, 6) is 0.0998. The van der Waals surface area contributed by atoms with Crippen LogP contribution >= 0.6 is 0 Å². The molecule has 5 nitrogen and oxygen atoms in total. The highest BCUT2D eigenvalue weighted by Crippen LogP contribution is 2.32. The quantitative estimate of drug-likeness (QED) is 0.568. The Morgan fingerprint density at radius 2 is 1.88 bits per heavy atom. The van der Waals surface area contributed by atoms with Gasteiger partial charge in [0.25, 0.3) is 5.91 Å². The van der Waals surface area contributed by atoms with E-state index >= 15 is 0 Å². The predicted octanol–water partition coefficient (Wildman–Crippen LogP) is 4.63. The third kappa shape index (κ3) is 6.16. The van der Waals surface area contributed by atoms with Gasteiger partial charge in [-0.15, -0.1) is 0 Å². The molecule has 0 aromatic heterocycles. The molecule has 1 fully saturated rings. The van der Waals surface area contributed by atoms with Crippen molar-refractivity contribution >= 4 is 17.5 Å². The second kappa shape index (κ2) is 11.5. The highest BCUT2D eigenvalue weighted by Gasteiger charge is 2.29. The van der Waals surface area contributed by atoms with Crippen molar-refractivity contribution < 1.29 is 14.0 Å². The summed E-state index contributed by atoms with van der Waals surface area (Å²) < 4.78 is 13.5. The van der Waals surface area contributed by atoms with Gasteiger partial charge in [-0.1, -0.05) is 37.0 Å². The highest BCUT2D eigenvalue weighted by molar-refractivity contribution is 5.94. The number of nitrogens with zero attached hydrogens (tertiary/aromatic N) is 1. The summed E-state index contributed by atoms with van der Waals surface area (Å²) in [4.78, 5) is 27.9. The molecule has 1 aliphatic heterocycles. The average Bonchev–Trinajstić information content (AvgIpc) is 3.24. The molecule has 0 saturated heterocycles. The number of fused-ring (bicyclic) bond motifs is 1. The molecule has 182 valence electrons. The molecular formula is C28H36FN3O2. The number of nitrogens with one attached hydrogen (secondary N) is 2. The predicted molar refractivity (Wildman–Crippen MR) is 134 cm³/mol. The second-order valence-electron chi connectivity index (χ2n) is 9.72. The molecule has 0 spiro atoms. The van der Waals surface area contributed by atoms with Gasteiger partial charge in [0.15, 0.2) is 0 Å². The standard InChI is InChI=1S/C28H36FN3O2/c1-20-6-5-9-23(18-20)27(33)30-14-12-25(21-7-3-2-4-8-21)28(34)31-15-17-32-16-13-22-19-24(29)10-11-26(22)32/h5-6,9-11,18-19,21,25H,2-4,7-8,12-17H2,1H3,(H,30,33)(H,31,34)/t25-/m0/s1. The molecule has 2 N–H and O–H groups in total. The van der Waals surface area contributed by atoms with E-state index in [0.29, 0.717) is 37.5 Å². The summed E-state index contributed by atoms with van der Waals surface area (Å²) >= 11 is 0. The van der Waals surface area contributed by atoms with Crippen LogP contribution in [0.15, 0.2) is 42.5 Å². The Labute approximate surface area is 202 Å². The molecule has 1 heterocycles. The van der Waals surface area contributed by atoms with Crippen LogP contribution < -0.4 is 15.5 Å². The van der Waals surface area contributed by atoms with E-state index < -0.39 is 0 Å². The van der Waals surface area contributed by atoms with E-state index in [4.69, 9.17) is 0 Å². The molecule has 1 saturated carbocycles. The number of hydrogen-bond donors (Lipinski definition) is 2. The van der Waals surface area contributed by atoms with Crippen LogP contribution in [0.2, 0.25) is 0 Å². The number of carbonyl (C=O) groups is 2. The van der Waals surface area contributed by atoms with Crippen LogP contribution in [0.1, 0.15) is 60.0 Å². The number of halogens is 1. The van der Waals surface area contributed by atoms with Crippen LogP contribution in [0.4, 0.5) is 10.1 Å². The number of anilines is 1. The molecule has 1 atom stereocenters. The van der Waals surface area contributed by atoms with Gasteiger partial charge < -0.3 is 15.5 Å². The van der Waals surface area contributed by atoms with E-state index in [1.807, 2.05) is 37.3 Å². The Bertz CT molecular complexity index is 1000. The number of hydrogen-bond acceptors (Lipinski definition) is 3. The first-order valence-corrected chi connectivity index (χ1v) is 12.7. The van der Waals surface area contributed by atoms with Gasteiger partial charge in [-0.3, -0.25) is 9.59 Å². The first kappa shape index (κ1) is 24.2. The summed E-state index contributed by atoms with van der Waals surface area (Å²) in [7, 11) is 0. The number of carbonyl (C=O) groups excluding carboxylic acids is 2. The lowest BCUT2D eigenvalue weighted by Crippen LogP contribution is -2.41. The lowest BCUT2D eigenvalue weighted by Gasteiger charge is -2.30. The van der Waals surface area contributed by atoms with Crippen molar-refractivity contribution in [1.29, 1.82) is 0 Å². The van der Waals surface area contributed by atoms with Crippen molar-refractivity contribution in [3.8, 4) is 0 Å². The third-order valence-corrected chi connectivity index (χ3v) is 7.29. The molecule has 0 unspecified atom stereocenters. The molecule has 2 aromatic carbocycles. The van der Waals surface area contributed by atoms with Crippen molar-refractivity contribution in [3.05, 3.63) is 65.0 Å². The van der Waals surface area contributed by atoms with Gasteiger partial charge in [-0.05, 0) is 74.4 Å². The van der Waals surface area contributed by atoms with Crippen LogP contribution in [0.3, 0.4) is 0 Å². The summed E-state index contributed by atoms with van der Waals surface area (Å²) in [6.45, 7) is 4.59. The third-order valence-electron chi connectivity index (χ3n) is 7.29. The van der Waals surface area contributed by atoms with Gasteiger partial charge in [-0.25, -0.2) is 4.39 Å². The van der Waals surface area contributed by atoms with Crippen LogP contribution in [0, 0.1) is 24.6 Å². The minimum atomic E-state index is -0.196. The van der Waals surface area contributed by atoms with Crippen LogP contribution in [0.25, 0.3) is 0 Å². The zero-order valence-electron chi connectivity index (χ0n) is 20.1. The Morgan fingerprint density at radius 3 is 2.68 bits per heavy atom. The lowest BCUT2D eigenvalue weighted by atomic mass is 9.78. The van der Waals surface area contributed by atoms with Crippen molar-refractivity contribution in [2.45, 2.75) is 51.9 Å². The summed E-state index contributed by atoms with van der Waals surface area (Å²) in [6.07, 6.45) is 7.23. The maximum absolute atomic E-state index is 13.5. The number of benzene rings is 2. The minimum Gasteiger partial charge on any atom is -0.369 e. The molecular weight excluding hydrogens is 429 g/mol. The smallest absolute Gasteiger partial charge is 0.251 e. The van der Waals surface area contributed by atoms with E-state index in [1.54, 1.807) is 6.07 Å². The molecule has 0 bridgehead atoms. The van der Waals surface area contributed by atoms with Crippen LogP contribution in [-0.2, 0) is 11.2 Å². The Morgan fingerprint density at radius 1 is 1.06 bits per heavy atom. The van der Waals surface area contributed by atoms with Gasteiger partial charge in [0.2, 0.25) is 5.91 Å². The maximum atomic E-state index is 13.5. The zero-order chi connectivity index (χ0) is 23.9. The molecule has 1 aliphatic carbocycles. The normalized spacial score (nSPS) is 16.7. The highest BCUT2D eigenvalue weighted by atomic mass is 19.1. The van der Waals surface area contributed by atoms with Gasteiger partial charge in [0, 0.05) is 43.3 Å². The van der Waals surface area contributed by atoms with Crippen molar-refractivity contribution in [2.24, 2.45) is 11.8 Å². The summed E-state index contributed by atoms with van der Waals surface area (Å²) in [5, 5.41) is 6.17. The molecule has 0 radical (unpaired) electrons. The molecule has 34 heavy (non-hydrogen) atoms. The monoisotopic (exact) mass is 465 g/mol. The molecule has 2 aromatic rings. The fourth-order valence-corrected chi connectivity index (χ4v) is 5.46. The van der Waals surface area contributed by atoms with Gasteiger partial charge >= 0.3 is 0 Å². The fourth-order valence-electron chi connectivity index (χ4n) is 5.46. The summed E-state index contributed by atoms with van der Waals surface area (Å²) in [5.41, 5.74) is 3.82. The molecule has 4 rings (SSSR count). The fraction of sp³-hybridized carbons (Fsp3) is 0.500. The Kier molecular flexibility index (Phi) is 8.20. The second-order valence-corrected chi connectivity index (χ2v) is 9.72. The van der Waals surface area contributed by atoms with Gasteiger partial charge in [-0.2, -0.15) is 0 Å². The first-order valence-electron chi connectivity index (χ1n) is 12.7. The van der Waals surface area contributed by atoms with E-state index in [-0.39, 0.29) is 23.5 Å². The van der Waals surface area contributed by atoms with Crippen molar-refractivity contribution in [2.75, 3.05) is 31.1 Å². The Hall–Kier alpha value is -2.89.